The number of H-pyrrole nitrogens is 1. The fourth-order valence-electron chi connectivity index (χ4n) is 7.79. The van der Waals surface area contributed by atoms with Crippen LogP contribution in [0.3, 0.4) is 0 Å². The Labute approximate surface area is 362 Å². The molecule has 0 saturated carbocycles. The van der Waals surface area contributed by atoms with Gasteiger partial charge in [-0.2, -0.15) is 5.26 Å². The number of pyridine rings is 1. The van der Waals surface area contributed by atoms with E-state index < -0.39 is 32.6 Å². The van der Waals surface area contributed by atoms with Crippen LogP contribution in [0.25, 0.3) is 11.2 Å². The lowest BCUT2D eigenvalue weighted by atomic mass is 9.80. The first-order valence-corrected chi connectivity index (χ1v) is 21.8. The van der Waals surface area contributed by atoms with E-state index in [-0.39, 0.29) is 43.8 Å². The van der Waals surface area contributed by atoms with E-state index in [0.717, 1.165) is 16.7 Å². The van der Waals surface area contributed by atoms with Gasteiger partial charge in [-0.3, -0.25) is 9.36 Å². The van der Waals surface area contributed by atoms with Gasteiger partial charge in [0.05, 0.1) is 52.4 Å². The highest BCUT2D eigenvalue weighted by Gasteiger charge is 2.45. The van der Waals surface area contributed by atoms with Crippen LogP contribution in [0.15, 0.2) is 115 Å². The number of hydrogen-bond acceptors (Lipinski definition) is 13. The van der Waals surface area contributed by atoms with Crippen LogP contribution in [-0.4, -0.2) is 80.9 Å². The van der Waals surface area contributed by atoms with Crippen LogP contribution in [0.1, 0.15) is 69.0 Å². The lowest BCUT2D eigenvalue weighted by Crippen LogP contribution is -2.39. The number of nitriles is 1. The molecule has 1 fully saturated rings. The molecule has 1 unspecified atom stereocenters. The van der Waals surface area contributed by atoms with Gasteiger partial charge in [-0.05, 0) is 74.7 Å². The summed E-state index contributed by atoms with van der Waals surface area (Å²) in [6, 6.07) is 31.8. The number of benzene rings is 3. The van der Waals surface area contributed by atoms with Gasteiger partial charge < -0.3 is 38.3 Å². The van der Waals surface area contributed by atoms with Crippen LogP contribution < -0.4 is 20.3 Å². The van der Waals surface area contributed by atoms with Gasteiger partial charge in [-0.15, -0.1) is 0 Å². The van der Waals surface area contributed by atoms with Gasteiger partial charge in [-0.1, -0.05) is 60.7 Å². The van der Waals surface area contributed by atoms with Gasteiger partial charge in [0, 0.05) is 36.8 Å². The highest BCUT2D eigenvalue weighted by molar-refractivity contribution is 7.44. The Kier molecular flexibility index (Phi) is 14.6. The van der Waals surface area contributed by atoms with Crippen molar-refractivity contribution < 1.29 is 28.0 Å². The summed E-state index contributed by atoms with van der Waals surface area (Å²) in [5.74, 6) is 1.91. The van der Waals surface area contributed by atoms with E-state index in [1.807, 2.05) is 71.3 Å². The molecule has 3 aromatic carbocycles. The van der Waals surface area contributed by atoms with Crippen LogP contribution in [0.5, 0.6) is 11.5 Å². The van der Waals surface area contributed by atoms with Crippen molar-refractivity contribution >= 4 is 25.5 Å². The number of rotatable bonds is 20. The molecule has 1 aliphatic heterocycles. The molecule has 0 spiro atoms. The molecule has 2 N–H and O–H groups in total. The second-order valence-electron chi connectivity index (χ2n) is 15.3. The molecule has 3 aromatic heterocycles. The van der Waals surface area contributed by atoms with Gasteiger partial charge in [0.2, 0.25) is 0 Å². The largest absolute Gasteiger partial charge is 0.497 e. The zero-order valence-corrected chi connectivity index (χ0v) is 36.7. The molecule has 324 valence electrons. The lowest BCUT2D eigenvalue weighted by Gasteiger charge is -2.39. The molecule has 4 atom stereocenters. The summed E-state index contributed by atoms with van der Waals surface area (Å²) in [5, 5.41) is 12.7. The standard InChI is InChI=1S/C46H53N8O7P/c1-31(2)54(32(3)4)62(59-25-11-23-47)61-39-26-41(53-30-52-42-43(50-29-51-44(42)53)49-27-33-12-10-24-48-45(33)55)60-40(39)28-58-46(34-13-8-7-9-14-34,35-15-19-37(56-5)20-16-35)36-17-21-38(57-6)22-18-36/h7-10,12-22,24,29-32,39-41H,11,25-28H2,1-6H3,(H,48,55)(H,49,50,51)/t39-,40-,41-,62?/m1/s1. The summed E-state index contributed by atoms with van der Waals surface area (Å²) >= 11 is 0. The first-order chi connectivity index (χ1) is 30.2. The minimum atomic E-state index is -1.65. The molecule has 0 aliphatic carbocycles. The maximum atomic E-state index is 12.4. The van der Waals surface area contributed by atoms with Crippen LogP contribution in [0.2, 0.25) is 0 Å². The number of methoxy groups -OCH3 is 2. The molecule has 0 bridgehead atoms. The lowest BCUT2D eigenvalue weighted by molar-refractivity contribution is -0.0912. The highest BCUT2D eigenvalue weighted by Crippen LogP contribution is 2.51. The summed E-state index contributed by atoms with van der Waals surface area (Å²) in [6.07, 6.45) is 3.65. The molecular weight excluding hydrogens is 808 g/mol. The summed E-state index contributed by atoms with van der Waals surface area (Å²) < 4.78 is 43.1. The third-order valence-electron chi connectivity index (χ3n) is 10.7. The summed E-state index contributed by atoms with van der Waals surface area (Å²) in [5.41, 5.74) is 2.99. The molecule has 16 heteroatoms. The highest BCUT2D eigenvalue weighted by atomic mass is 31.2. The third kappa shape index (κ3) is 9.66. The molecule has 0 radical (unpaired) electrons. The first kappa shape index (κ1) is 44.3. The smallest absolute Gasteiger partial charge is 0.259 e. The first-order valence-electron chi connectivity index (χ1n) is 20.6. The van der Waals surface area contributed by atoms with Gasteiger partial charge in [0.15, 0.2) is 17.0 Å². The topological polar surface area (TPSA) is 171 Å². The minimum absolute atomic E-state index is 0.0820. The van der Waals surface area contributed by atoms with Gasteiger partial charge >= 0.3 is 0 Å². The number of ether oxygens (including phenoxy) is 4. The SMILES string of the molecule is COc1ccc(C(OC[C@H]2O[C@@H](n3cnc4c(NCc5ccc[nH]c5=O)ncnc43)C[C@H]2OP(OCCC#N)N(C(C)C)C(C)C)(c2ccccc2)c2ccc(OC)cc2)cc1. The molecule has 1 saturated heterocycles. The minimum Gasteiger partial charge on any atom is -0.497 e. The van der Waals surface area contributed by atoms with Gasteiger partial charge in [0.25, 0.3) is 14.1 Å². The average molecular weight is 861 g/mol. The zero-order valence-electron chi connectivity index (χ0n) is 35.8. The van der Waals surface area contributed by atoms with Crippen molar-refractivity contribution in [1.29, 1.82) is 5.26 Å². The maximum absolute atomic E-state index is 12.4. The van der Waals surface area contributed by atoms with Crippen molar-refractivity contribution in [3.8, 4) is 17.6 Å². The number of fused-ring (bicyclic) bond motifs is 1. The van der Waals surface area contributed by atoms with E-state index in [2.05, 4.69) is 70.8 Å². The fourth-order valence-corrected chi connectivity index (χ4v) is 9.55. The molecular formula is C46H53N8O7P. The summed E-state index contributed by atoms with van der Waals surface area (Å²) in [4.78, 5) is 28.9. The van der Waals surface area contributed by atoms with Crippen molar-refractivity contribution in [2.75, 3.05) is 32.8 Å². The zero-order chi connectivity index (χ0) is 43.6. The van der Waals surface area contributed by atoms with Crippen molar-refractivity contribution in [1.82, 2.24) is 29.2 Å². The Balaban J connectivity index is 1.28. The van der Waals surface area contributed by atoms with E-state index >= 15 is 0 Å². The van der Waals surface area contributed by atoms with Crippen LogP contribution in [0, 0.1) is 11.3 Å². The number of anilines is 1. The Morgan fingerprint density at radius 3 is 2.19 bits per heavy atom. The predicted molar refractivity (Wildman–Crippen MR) is 237 cm³/mol. The number of hydrogen-bond donors (Lipinski definition) is 2. The summed E-state index contributed by atoms with van der Waals surface area (Å²) in [6.45, 7) is 8.99. The third-order valence-corrected chi connectivity index (χ3v) is 12.9. The molecule has 1 aliphatic rings. The number of imidazole rings is 1. The summed E-state index contributed by atoms with van der Waals surface area (Å²) in [7, 11) is 1.64. The molecule has 4 heterocycles. The van der Waals surface area contributed by atoms with Crippen LogP contribution >= 0.6 is 8.53 Å². The van der Waals surface area contributed by atoms with Crippen LogP contribution in [-0.2, 0) is 30.7 Å². The molecule has 6 aromatic rings. The van der Waals surface area contributed by atoms with Crippen molar-refractivity contribution in [2.45, 2.75) is 83.2 Å². The Hall–Kier alpha value is -5.72. The quantitative estimate of drug-likeness (QED) is 0.0429. The monoisotopic (exact) mass is 860 g/mol. The van der Waals surface area contributed by atoms with Crippen LogP contribution in [0.4, 0.5) is 5.82 Å². The van der Waals surface area contributed by atoms with Crippen molar-refractivity contribution in [3.05, 3.63) is 142 Å². The average Bonchev–Trinajstić information content (AvgIpc) is 3.91. The number of aromatic nitrogens is 5. The van der Waals surface area contributed by atoms with E-state index in [4.69, 9.17) is 33.0 Å². The Bertz CT molecular complexity index is 2400. The Morgan fingerprint density at radius 2 is 1.58 bits per heavy atom. The molecule has 0 amide bonds. The normalized spacial score (nSPS) is 17.1. The van der Waals surface area contributed by atoms with Crippen molar-refractivity contribution in [3.63, 3.8) is 0 Å². The predicted octanol–water partition coefficient (Wildman–Crippen LogP) is 8.10. The van der Waals surface area contributed by atoms with Gasteiger partial charge in [0.1, 0.15) is 35.8 Å². The second-order valence-corrected chi connectivity index (χ2v) is 16.7. The van der Waals surface area contributed by atoms with E-state index in [1.54, 1.807) is 38.9 Å². The number of aromatic amines is 1. The van der Waals surface area contributed by atoms with Gasteiger partial charge in [-0.25, -0.2) is 19.6 Å². The maximum Gasteiger partial charge on any atom is 0.259 e. The molecule has 7 rings (SSSR count). The Morgan fingerprint density at radius 1 is 0.919 bits per heavy atom. The van der Waals surface area contributed by atoms with E-state index in [0.29, 0.717) is 40.5 Å². The van der Waals surface area contributed by atoms with E-state index in [9.17, 15) is 10.1 Å². The second kappa shape index (κ2) is 20.4. The molecule has 15 nitrogen and oxygen atoms in total. The number of nitrogens with zero attached hydrogens (tertiary/aromatic N) is 6. The number of nitrogens with one attached hydrogen (secondary N) is 2. The van der Waals surface area contributed by atoms with Crippen molar-refractivity contribution in [2.24, 2.45) is 0 Å². The molecule has 62 heavy (non-hydrogen) atoms. The fraction of sp³-hybridized carbons (Fsp3) is 0.370. The van der Waals surface area contributed by atoms with E-state index in [1.165, 1.54) is 6.33 Å².